The van der Waals surface area contributed by atoms with Crippen LogP contribution in [0.25, 0.3) is 0 Å². The van der Waals surface area contributed by atoms with Crippen molar-refractivity contribution in [3.63, 3.8) is 0 Å². The van der Waals surface area contributed by atoms with E-state index in [4.69, 9.17) is 11.7 Å². The van der Waals surface area contributed by atoms with Crippen LogP contribution in [0.4, 0.5) is 0 Å². The Labute approximate surface area is 95.2 Å². The highest BCUT2D eigenvalue weighted by Gasteiger charge is 2.24. The smallest absolute Gasteiger partial charge is 0.126 e. The minimum absolute atomic E-state index is 0.140. The minimum Gasteiger partial charge on any atom is -0.379 e. The number of terminal acetylenes is 1. The first-order chi connectivity index (χ1) is 7.66. The summed E-state index contributed by atoms with van der Waals surface area (Å²) in [5.74, 6) is 2.41. The van der Waals surface area contributed by atoms with Gasteiger partial charge in [0.2, 0.25) is 0 Å². The standard InChI is InChI=1S/C14H11NO/c1-3-9-14(16,10-4-2)13-7-5-12(11-15)6-8-13/h1,5-8,10,16H,2,9H2. The number of rotatable bonds is 3. The molecule has 0 saturated carbocycles. The van der Waals surface area contributed by atoms with Crippen LogP contribution in [0.15, 0.2) is 42.7 Å². The second kappa shape index (κ2) is 5.01. The van der Waals surface area contributed by atoms with E-state index in [1.807, 2.05) is 6.07 Å². The Balaban J connectivity index is 3.18. The van der Waals surface area contributed by atoms with E-state index in [9.17, 15) is 5.11 Å². The summed E-state index contributed by atoms with van der Waals surface area (Å²) in [6.07, 6.45) is 6.77. The maximum absolute atomic E-state index is 10.3. The Bertz CT molecular complexity index is 495. The summed E-state index contributed by atoms with van der Waals surface area (Å²) in [5, 5.41) is 18.9. The summed E-state index contributed by atoms with van der Waals surface area (Å²) in [4.78, 5) is 0. The Kier molecular flexibility index (Phi) is 3.70. The van der Waals surface area contributed by atoms with Crippen molar-refractivity contribution >= 4 is 0 Å². The van der Waals surface area contributed by atoms with E-state index in [2.05, 4.69) is 18.2 Å². The zero-order valence-electron chi connectivity index (χ0n) is 8.77. The van der Waals surface area contributed by atoms with Crippen LogP contribution in [0.3, 0.4) is 0 Å². The second-order valence-electron chi connectivity index (χ2n) is 3.34. The van der Waals surface area contributed by atoms with Gasteiger partial charge in [-0.2, -0.15) is 5.26 Å². The van der Waals surface area contributed by atoms with E-state index in [1.165, 1.54) is 6.08 Å². The first-order valence-electron chi connectivity index (χ1n) is 4.70. The van der Waals surface area contributed by atoms with Crippen molar-refractivity contribution in [1.82, 2.24) is 0 Å². The Morgan fingerprint density at radius 3 is 2.50 bits per heavy atom. The quantitative estimate of drug-likeness (QED) is 0.612. The molecule has 0 aliphatic carbocycles. The van der Waals surface area contributed by atoms with E-state index in [1.54, 1.807) is 24.3 Å². The SMILES string of the molecule is C#CCC(O)(C=C=C)c1ccc(C#N)cc1. The topological polar surface area (TPSA) is 44.0 Å². The van der Waals surface area contributed by atoms with Gasteiger partial charge in [0.1, 0.15) is 5.60 Å². The van der Waals surface area contributed by atoms with Crippen LogP contribution in [0.2, 0.25) is 0 Å². The average molecular weight is 209 g/mol. The average Bonchev–Trinajstić information content (AvgIpc) is 2.30. The predicted molar refractivity (Wildman–Crippen MR) is 62.2 cm³/mol. The highest BCUT2D eigenvalue weighted by atomic mass is 16.3. The van der Waals surface area contributed by atoms with Gasteiger partial charge in [-0.1, -0.05) is 18.7 Å². The van der Waals surface area contributed by atoms with E-state index < -0.39 is 5.60 Å². The van der Waals surface area contributed by atoms with Gasteiger partial charge in [-0.15, -0.1) is 18.1 Å². The molecule has 1 aromatic rings. The first-order valence-corrected chi connectivity index (χ1v) is 4.70. The zero-order valence-corrected chi connectivity index (χ0v) is 8.77. The molecule has 0 aromatic heterocycles. The lowest BCUT2D eigenvalue weighted by atomic mass is 9.90. The lowest BCUT2D eigenvalue weighted by molar-refractivity contribution is 0.0955. The van der Waals surface area contributed by atoms with Crippen molar-refractivity contribution in [2.24, 2.45) is 0 Å². The molecule has 16 heavy (non-hydrogen) atoms. The summed E-state index contributed by atoms with van der Waals surface area (Å²) in [6, 6.07) is 8.62. The summed E-state index contributed by atoms with van der Waals surface area (Å²) in [7, 11) is 0. The molecule has 0 fully saturated rings. The molecule has 2 heteroatoms. The van der Waals surface area contributed by atoms with Crippen molar-refractivity contribution in [2.45, 2.75) is 12.0 Å². The van der Waals surface area contributed by atoms with Crippen molar-refractivity contribution in [1.29, 1.82) is 5.26 Å². The normalized spacial score (nSPS) is 12.7. The van der Waals surface area contributed by atoms with Gasteiger partial charge in [0.25, 0.3) is 0 Å². The monoisotopic (exact) mass is 209 g/mol. The summed E-state index contributed by atoms with van der Waals surface area (Å²) >= 11 is 0. The van der Waals surface area contributed by atoms with Gasteiger partial charge in [0.15, 0.2) is 0 Å². The van der Waals surface area contributed by atoms with E-state index >= 15 is 0 Å². The molecule has 1 aromatic carbocycles. The number of aliphatic hydroxyl groups is 1. The molecule has 1 unspecified atom stereocenters. The van der Waals surface area contributed by atoms with Gasteiger partial charge in [0.05, 0.1) is 11.6 Å². The highest BCUT2D eigenvalue weighted by Crippen LogP contribution is 2.26. The first kappa shape index (κ1) is 11.8. The third-order valence-corrected chi connectivity index (χ3v) is 2.23. The molecule has 78 valence electrons. The van der Waals surface area contributed by atoms with Gasteiger partial charge in [-0.3, -0.25) is 0 Å². The number of benzene rings is 1. The molecule has 2 nitrogen and oxygen atoms in total. The fraction of sp³-hybridized carbons (Fsp3) is 0.143. The fourth-order valence-electron chi connectivity index (χ4n) is 1.39. The van der Waals surface area contributed by atoms with Gasteiger partial charge < -0.3 is 5.11 Å². The second-order valence-corrected chi connectivity index (χ2v) is 3.34. The molecule has 0 radical (unpaired) electrons. The van der Waals surface area contributed by atoms with Crippen LogP contribution in [-0.2, 0) is 5.60 Å². The molecule has 1 N–H and O–H groups in total. The van der Waals surface area contributed by atoms with Crippen LogP contribution in [0, 0.1) is 23.7 Å². The Hall–Kier alpha value is -2.25. The van der Waals surface area contributed by atoms with Crippen LogP contribution < -0.4 is 0 Å². The zero-order chi connectivity index (χ0) is 12.0. The Morgan fingerprint density at radius 1 is 1.44 bits per heavy atom. The molecular weight excluding hydrogens is 198 g/mol. The van der Waals surface area contributed by atoms with Crippen molar-refractivity contribution in [2.75, 3.05) is 0 Å². The van der Waals surface area contributed by atoms with Crippen molar-refractivity contribution in [3.05, 3.63) is 53.8 Å². The summed E-state index contributed by atoms with van der Waals surface area (Å²) < 4.78 is 0. The third-order valence-electron chi connectivity index (χ3n) is 2.23. The molecule has 1 atom stereocenters. The largest absolute Gasteiger partial charge is 0.379 e. The number of nitrogens with zero attached hydrogens (tertiary/aromatic N) is 1. The van der Waals surface area contributed by atoms with Crippen LogP contribution >= 0.6 is 0 Å². The number of nitriles is 1. The van der Waals surface area contributed by atoms with Crippen LogP contribution in [-0.4, -0.2) is 5.11 Å². The molecule has 0 heterocycles. The highest BCUT2D eigenvalue weighted by molar-refractivity contribution is 5.36. The lowest BCUT2D eigenvalue weighted by Crippen LogP contribution is -2.21. The van der Waals surface area contributed by atoms with Gasteiger partial charge in [-0.05, 0) is 23.8 Å². The number of hydrogen-bond acceptors (Lipinski definition) is 2. The van der Waals surface area contributed by atoms with E-state index in [0.29, 0.717) is 11.1 Å². The number of hydrogen-bond donors (Lipinski definition) is 1. The van der Waals surface area contributed by atoms with Crippen molar-refractivity contribution in [3.8, 4) is 18.4 Å². The minimum atomic E-state index is -1.26. The van der Waals surface area contributed by atoms with Gasteiger partial charge in [-0.25, -0.2) is 0 Å². The summed E-state index contributed by atoms with van der Waals surface area (Å²) in [5.41, 5.74) is 2.44. The van der Waals surface area contributed by atoms with Gasteiger partial charge in [0, 0.05) is 6.42 Å². The molecule has 1 rings (SSSR count). The molecule has 0 aliphatic rings. The third kappa shape index (κ3) is 2.41. The lowest BCUT2D eigenvalue weighted by Gasteiger charge is -2.21. The van der Waals surface area contributed by atoms with E-state index in [-0.39, 0.29) is 6.42 Å². The molecule has 0 bridgehead atoms. The maximum atomic E-state index is 10.3. The molecule has 0 saturated heterocycles. The Morgan fingerprint density at radius 2 is 2.06 bits per heavy atom. The predicted octanol–water partition coefficient (Wildman–Crippen LogP) is 2.11. The van der Waals surface area contributed by atoms with E-state index in [0.717, 1.165) is 0 Å². The maximum Gasteiger partial charge on any atom is 0.126 e. The van der Waals surface area contributed by atoms with Crippen LogP contribution in [0.1, 0.15) is 17.5 Å². The van der Waals surface area contributed by atoms with Crippen LogP contribution in [0.5, 0.6) is 0 Å². The molecule has 0 aliphatic heterocycles. The van der Waals surface area contributed by atoms with Gasteiger partial charge >= 0.3 is 0 Å². The summed E-state index contributed by atoms with van der Waals surface area (Å²) in [6.45, 7) is 3.43. The fourth-order valence-corrected chi connectivity index (χ4v) is 1.39. The molecule has 0 amide bonds. The molecule has 0 spiro atoms. The van der Waals surface area contributed by atoms with Crippen molar-refractivity contribution < 1.29 is 5.11 Å². The molecular formula is C14H11NO.